The van der Waals surface area contributed by atoms with E-state index >= 15 is 0 Å². The Morgan fingerprint density at radius 2 is 1.93 bits per heavy atom. The predicted octanol–water partition coefficient (Wildman–Crippen LogP) is 3.74. The first-order chi connectivity index (χ1) is 12.8. The number of fused-ring (bicyclic) bond motifs is 1. The maximum Gasteiger partial charge on any atom is 0.240 e. The highest BCUT2D eigenvalue weighted by Crippen LogP contribution is 2.23. The van der Waals surface area contributed by atoms with Gasteiger partial charge in [0.25, 0.3) is 0 Å². The van der Waals surface area contributed by atoms with Crippen LogP contribution in [0, 0.1) is 0 Å². The van der Waals surface area contributed by atoms with Gasteiger partial charge in [0, 0.05) is 22.8 Å². The number of hydrogen-bond donors (Lipinski definition) is 2. The zero-order valence-electron chi connectivity index (χ0n) is 14.6. The highest BCUT2D eigenvalue weighted by Gasteiger charge is 2.17. The van der Waals surface area contributed by atoms with E-state index in [0.717, 1.165) is 11.0 Å². The van der Waals surface area contributed by atoms with E-state index in [4.69, 9.17) is 4.42 Å². The molecule has 142 valence electrons. The molecule has 1 aromatic heterocycles. The van der Waals surface area contributed by atoms with Gasteiger partial charge < -0.3 is 9.73 Å². The molecule has 2 aromatic carbocycles. The fraction of sp³-hybridized carbons (Fsp3) is 0.211. The Hall–Kier alpha value is -2.16. The second-order valence-electron chi connectivity index (χ2n) is 6.08. The number of para-hydroxylation sites is 1. The molecular weight excluding hydrogens is 432 g/mol. The summed E-state index contributed by atoms with van der Waals surface area (Å²) in [5.74, 6) is 0.388. The molecule has 0 saturated heterocycles. The van der Waals surface area contributed by atoms with Gasteiger partial charge in [-0.25, -0.2) is 13.1 Å². The van der Waals surface area contributed by atoms with Gasteiger partial charge in [-0.1, -0.05) is 40.2 Å². The molecule has 0 saturated carbocycles. The molecule has 27 heavy (non-hydrogen) atoms. The van der Waals surface area contributed by atoms with E-state index < -0.39 is 10.0 Å². The third kappa shape index (κ3) is 4.97. The lowest BCUT2D eigenvalue weighted by Crippen LogP contribution is -2.32. The third-order valence-corrected chi connectivity index (χ3v) is 5.95. The Kier molecular flexibility index (Phi) is 5.98. The van der Waals surface area contributed by atoms with Gasteiger partial charge in [-0.05, 0) is 37.3 Å². The van der Waals surface area contributed by atoms with Crippen LogP contribution in [0.5, 0.6) is 0 Å². The van der Waals surface area contributed by atoms with E-state index in [-0.39, 0.29) is 29.8 Å². The molecule has 1 unspecified atom stereocenters. The monoisotopic (exact) mass is 450 g/mol. The van der Waals surface area contributed by atoms with Crippen LogP contribution < -0.4 is 10.0 Å². The minimum absolute atomic E-state index is 0.00747. The van der Waals surface area contributed by atoms with Crippen molar-refractivity contribution in [1.29, 1.82) is 0 Å². The van der Waals surface area contributed by atoms with Crippen molar-refractivity contribution in [3.63, 3.8) is 0 Å². The predicted molar refractivity (Wildman–Crippen MR) is 107 cm³/mol. The van der Waals surface area contributed by atoms with Crippen LogP contribution in [0.4, 0.5) is 0 Å². The van der Waals surface area contributed by atoms with Crippen LogP contribution in [0.1, 0.15) is 25.1 Å². The third-order valence-electron chi connectivity index (χ3n) is 4.00. The van der Waals surface area contributed by atoms with E-state index in [9.17, 15) is 13.2 Å². The molecule has 2 N–H and O–H groups in total. The summed E-state index contributed by atoms with van der Waals surface area (Å²) < 4.78 is 33.3. The molecule has 0 spiro atoms. The number of carbonyl (C=O) groups is 1. The number of carbonyl (C=O) groups excluding carboxylic acids is 1. The zero-order chi connectivity index (χ0) is 19.4. The molecule has 6 nitrogen and oxygen atoms in total. The summed E-state index contributed by atoms with van der Waals surface area (Å²) in [6, 6.07) is 15.6. The number of sulfonamides is 1. The quantitative estimate of drug-likeness (QED) is 0.573. The smallest absolute Gasteiger partial charge is 0.240 e. The van der Waals surface area contributed by atoms with Crippen LogP contribution in [0.25, 0.3) is 11.0 Å². The zero-order valence-corrected chi connectivity index (χ0v) is 17.0. The van der Waals surface area contributed by atoms with Crippen LogP contribution in [0.3, 0.4) is 0 Å². The molecule has 0 fully saturated rings. The molecular formula is C19H19BrN2O4S. The number of amides is 1. The standard InChI is InChI=1S/C19H19BrN2O4S/c1-13(18-11-14-5-2-3-8-17(14)26-18)22-19(23)9-10-21-27(24,25)16-7-4-6-15(20)12-16/h2-8,11-13,21H,9-10H2,1H3,(H,22,23). The summed E-state index contributed by atoms with van der Waals surface area (Å²) in [7, 11) is -3.65. The number of benzene rings is 2. The van der Waals surface area contributed by atoms with Gasteiger partial charge in [-0.15, -0.1) is 0 Å². The lowest BCUT2D eigenvalue weighted by atomic mass is 10.2. The van der Waals surface area contributed by atoms with Crippen molar-refractivity contribution in [3.05, 3.63) is 64.8 Å². The van der Waals surface area contributed by atoms with Crippen molar-refractivity contribution in [2.75, 3.05) is 6.54 Å². The van der Waals surface area contributed by atoms with E-state index in [1.807, 2.05) is 37.3 Å². The Morgan fingerprint density at radius 3 is 2.67 bits per heavy atom. The van der Waals surface area contributed by atoms with Crippen LogP contribution >= 0.6 is 15.9 Å². The minimum Gasteiger partial charge on any atom is -0.459 e. The fourth-order valence-corrected chi connectivity index (χ4v) is 4.25. The molecule has 3 rings (SSSR count). The van der Waals surface area contributed by atoms with Crippen LogP contribution in [0.15, 0.2) is 68.4 Å². The molecule has 1 atom stereocenters. The van der Waals surface area contributed by atoms with Crippen LogP contribution in [-0.4, -0.2) is 20.9 Å². The Bertz CT molecular complexity index is 1030. The summed E-state index contributed by atoms with van der Waals surface area (Å²) in [5, 5.41) is 3.79. The van der Waals surface area contributed by atoms with E-state index in [2.05, 4.69) is 26.0 Å². The molecule has 0 radical (unpaired) electrons. The molecule has 0 aliphatic carbocycles. The van der Waals surface area contributed by atoms with Crippen LogP contribution in [-0.2, 0) is 14.8 Å². The fourth-order valence-electron chi connectivity index (χ4n) is 2.62. The van der Waals surface area contributed by atoms with Gasteiger partial charge in [-0.2, -0.15) is 0 Å². The first-order valence-corrected chi connectivity index (χ1v) is 10.7. The normalized spacial score (nSPS) is 12.8. The molecule has 0 aliphatic heterocycles. The van der Waals surface area contributed by atoms with Gasteiger partial charge in [0.15, 0.2) is 0 Å². The van der Waals surface area contributed by atoms with Gasteiger partial charge in [0.05, 0.1) is 10.9 Å². The van der Waals surface area contributed by atoms with Crippen molar-refractivity contribution in [3.8, 4) is 0 Å². The van der Waals surface area contributed by atoms with Crippen molar-refractivity contribution >= 4 is 42.8 Å². The van der Waals surface area contributed by atoms with Gasteiger partial charge in [0.2, 0.25) is 15.9 Å². The highest BCUT2D eigenvalue weighted by molar-refractivity contribution is 9.10. The average Bonchev–Trinajstić information content (AvgIpc) is 3.06. The number of halogens is 1. The first kappa shape index (κ1) is 19.6. The lowest BCUT2D eigenvalue weighted by Gasteiger charge is -2.12. The van der Waals surface area contributed by atoms with Crippen molar-refractivity contribution in [2.45, 2.75) is 24.3 Å². The van der Waals surface area contributed by atoms with Gasteiger partial charge >= 0.3 is 0 Å². The van der Waals surface area contributed by atoms with Crippen LogP contribution in [0.2, 0.25) is 0 Å². The molecule has 1 amide bonds. The summed E-state index contributed by atoms with van der Waals surface area (Å²) in [5.41, 5.74) is 0.760. The Labute approximate surface area is 166 Å². The summed E-state index contributed by atoms with van der Waals surface area (Å²) >= 11 is 3.24. The van der Waals surface area contributed by atoms with E-state index in [0.29, 0.717) is 10.2 Å². The first-order valence-electron chi connectivity index (χ1n) is 8.38. The topological polar surface area (TPSA) is 88.4 Å². The SMILES string of the molecule is CC(NC(=O)CCNS(=O)(=O)c1cccc(Br)c1)c1cc2ccccc2o1. The Morgan fingerprint density at radius 1 is 1.15 bits per heavy atom. The number of furan rings is 1. The van der Waals surface area contributed by atoms with Gasteiger partial charge in [0.1, 0.15) is 11.3 Å². The van der Waals surface area contributed by atoms with Crippen molar-refractivity contribution < 1.29 is 17.6 Å². The average molecular weight is 451 g/mol. The number of hydrogen-bond acceptors (Lipinski definition) is 4. The van der Waals surface area contributed by atoms with Gasteiger partial charge in [-0.3, -0.25) is 4.79 Å². The number of nitrogens with one attached hydrogen (secondary N) is 2. The summed E-state index contributed by atoms with van der Waals surface area (Å²) in [6.45, 7) is 1.83. The molecule has 1 heterocycles. The van der Waals surface area contributed by atoms with Crippen molar-refractivity contribution in [1.82, 2.24) is 10.0 Å². The second kappa shape index (κ2) is 8.24. The summed E-state index contributed by atoms with van der Waals surface area (Å²) in [6.07, 6.45) is 0.0256. The maximum atomic E-state index is 12.2. The maximum absolute atomic E-state index is 12.2. The van der Waals surface area contributed by atoms with E-state index in [1.54, 1.807) is 12.1 Å². The second-order valence-corrected chi connectivity index (χ2v) is 8.76. The Balaban J connectivity index is 1.53. The number of rotatable bonds is 7. The molecule has 0 aliphatic rings. The minimum atomic E-state index is -3.65. The lowest BCUT2D eigenvalue weighted by molar-refractivity contribution is -0.121. The van der Waals surface area contributed by atoms with E-state index in [1.165, 1.54) is 12.1 Å². The largest absolute Gasteiger partial charge is 0.459 e. The highest BCUT2D eigenvalue weighted by atomic mass is 79.9. The molecule has 8 heteroatoms. The molecule has 3 aromatic rings. The van der Waals surface area contributed by atoms with Crippen molar-refractivity contribution in [2.24, 2.45) is 0 Å². The summed E-state index contributed by atoms with van der Waals surface area (Å²) in [4.78, 5) is 12.3. The molecule has 0 bridgehead atoms.